The van der Waals surface area contributed by atoms with Gasteiger partial charge in [-0.05, 0) is 25.7 Å². The average molecular weight is 186 g/mol. The molecule has 0 radical (unpaired) electrons. The molecule has 1 aliphatic carbocycles. The van der Waals surface area contributed by atoms with Crippen LogP contribution in [0.2, 0.25) is 0 Å². The number of carbonyl (C=O) groups excluding carboxylic acids is 1. The van der Waals surface area contributed by atoms with Gasteiger partial charge < -0.3 is 16.2 Å². The molecule has 0 saturated heterocycles. The molecule has 0 bridgehead atoms. The molecule has 0 aliphatic heterocycles. The van der Waals surface area contributed by atoms with Crippen LogP contribution in [0.5, 0.6) is 0 Å². The first-order valence-electron chi connectivity index (χ1n) is 4.79. The van der Waals surface area contributed by atoms with E-state index in [0.717, 1.165) is 12.8 Å². The highest BCUT2D eigenvalue weighted by Gasteiger charge is 2.29. The van der Waals surface area contributed by atoms with Gasteiger partial charge in [-0.3, -0.25) is 4.79 Å². The van der Waals surface area contributed by atoms with Crippen molar-refractivity contribution in [2.24, 2.45) is 11.7 Å². The summed E-state index contributed by atoms with van der Waals surface area (Å²) in [5.74, 6) is 0.496. The fourth-order valence-electron chi connectivity index (χ4n) is 1.28. The Morgan fingerprint density at radius 3 is 2.77 bits per heavy atom. The second-order valence-corrected chi connectivity index (χ2v) is 3.86. The van der Waals surface area contributed by atoms with Crippen molar-refractivity contribution in [1.29, 1.82) is 0 Å². The SMILES string of the molecule is C[C@@H](CO)NC(=O)CC(N)C1CC1. The maximum Gasteiger partial charge on any atom is 0.221 e. The normalized spacial score (nSPS) is 20.8. The third kappa shape index (κ3) is 3.74. The van der Waals surface area contributed by atoms with Gasteiger partial charge in [-0.2, -0.15) is 0 Å². The minimum Gasteiger partial charge on any atom is -0.394 e. The van der Waals surface area contributed by atoms with E-state index in [1.54, 1.807) is 6.92 Å². The maximum atomic E-state index is 11.3. The lowest BCUT2D eigenvalue weighted by atomic mass is 10.1. The van der Waals surface area contributed by atoms with Crippen LogP contribution in [0.3, 0.4) is 0 Å². The van der Waals surface area contributed by atoms with Crippen LogP contribution in [0.15, 0.2) is 0 Å². The number of aliphatic hydroxyl groups excluding tert-OH is 1. The first-order chi connectivity index (χ1) is 6.13. The van der Waals surface area contributed by atoms with Crippen LogP contribution in [0, 0.1) is 5.92 Å². The number of nitrogens with two attached hydrogens (primary N) is 1. The average Bonchev–Trinajstić information content (AvgIpc) is 2.85. The Labute approximate surface area is 78.5 Å². The minimum absolute atomic E-state index is 0.00546. The fourth-order valence-corrected chi connectivity index (χ4v) is 1.28. The molecule has 1 fully saturated rings. The quantitative estimate of drug-likeness (QED) is 0.547. The molecular formula is C9H18N2O2. The van der Waals surface area contributed by atoms with Crippen LogP contribution in [0.25, 0.3) is 0 Å². The number of carbonyl (C=O) groups is 1. The first kappa shape index (κ1) is 10.5. The van der Waals surface area contributed by atoms with Crippen LogP contribution in [-0.2, 0) is 4.79 Å². The van der Waals surface area contributed by atoms with Crippen molar-refractivity contribution < 1.29 is 9.90 Å². The van der Waals surface area contributed by atoms with Crippen LogP contribution < -0.4 is 11.1 Å². The third-order valence-corrected chi connectivity index (χ3v) is 2.33. The lowest BCUT2D eigenvalue weighted by molar-refractivity contribution is -0.122. The van der Waals surface area contributed by atoms with Crippen molar-refractivity contribution >= 4 is 5.91 Å². The first-order valence-corrected chi connectivity index (χ1v) is 4.79. The number of hydrogen-bond acceptors (Lipinski definition) is 3. The standard InChI is InChI=1S/C9H18N2O2/c1-6(5-12)11-9(13)4-8(10)7-2-3-7/h6-8,12H,2-5,10H2,1H3,(H,11,13)/t6-,8?/m0/s1. The van der Waals surface area contributed by atoms with Gasteiger partial charge in [0.2, 0.25) is 5.91 Å². The minimum atomic E-state index is -0.168. The van der Waals surface area contributed by atoms with Crippen LogP contribution >= 0.6 is 0 Å². The summed E-state index contributed by atoms with van der Waals surface area (Å²) in [6, 6.07) is -0.162. The zero-order chi connectivity index (χ0) is 9.84. The molecule has 76 valence electrons. The Balaban J connectivity index is 2.15. The molecule has 0 heterocycles. The molecule has 13 heavy (non-hydrogen) atoms. The van der Waals surface area contributed by atoms with E-state index < -0.39 is 0 Å². The third-order valence-electron chi connectivity index (χ3n) is 2.33. The number of rotatable bonds is 5. The van der Waals surface area contributed by atoms with Gasteiger partial charge >= 0.3 is 0 Å². The summed E-state index contributed by atoms with van der Waals surface area (Å²) in [5, 5.41) is 11.4. The van der Waals surface area contributed by atoms with Gasteiger partial charge in [-0.1, -0.05) is 0 Å². The van der Waals surface area contributed by atoms with Crippen molar-refractivity contribution in [3.63, 3.8) is 0 Å². The molecule has 0 aromatic rings. The van der Waals surface area contributed by atoms with E-state index in [-0.39, 0.29) is 24.6 Å². The summed E-state index contributed by atoms with van der Waals surface area (Å²) >= 11 is 0. The van der Waals surface area contributed by atoms with Gasteiger partial charge in [-0.25, -0.2) is 0 Å². The molecule has 4 heteroatoms. The van der Waals surface area contributed by atoms with E-state index in [2.05, 4.69) is 5.32 Å². The largest absolute Gasteiger partial charge is 0.394 e. The van der Waals surface area contributed by atoms with Gasteiger partial charge in [-0.15, -0.1) is 0 Å². The van der Waals surface area contributed by atoms with E-state index in [1.807, 2.05) is 0 Å². The molecule has 0 aromatic heterocycles. The van der Waals surface area contributed by atoms with E-state index in [9.17, 15) is 4.79 Å². The maximum absolute atomic E-state index is 11.3. The Hall–Kier alpha value is -0.610. The Kier molecular flexibility index (Phi) is 3.69. The van der Waals surface area contributed by atoms with Crippen LogP contribution in [-0.4, -0.2) is 29.7 Å². The highest BCUT2D eigenvalue weighted by molar-refractivity contribution is 5.76. The zero-order valence-corrected chi connectivity index (χ0v) is 7.99. The molecule has 4 N–H and O–H groups in total. The molecule has 1 saturated carbocycles. The van der Waals surface area contributed by atoms with Gasteiger partial charge in [0.05, 0.1) is 6.61 Å². The van der Waals surface area contributed by atoms with E-state index in [1.165, 1.54) is 0 Å². The van der Waals surface area contributed by atoms with Crippen molar-refractivity contribution in [3.05, 3.63) is 0 Å². The second-order valence-electron chi connectivity index (χ2n) is 3.86. The predicted octanol–water partition coefficient (Wildman–Crippen LogP) is -0.389. The molecule has 0 aromatic carbocycles. The fraction of sp³-hybridized carbons (Fsp3) is 0.889. The summed E-state index contributed by atoms with van der Waals surface area (Å²) < 4.78 is 0. The Morgan fingerprint density at radius 2 is 2.31 bits per heavy atom. The number of amides is 1. The van der Waals surface area contributed by atoms with E-state index >= 15 is 0 Å². The molecule has 0 spiro atoms. The summed E-state index contributed by atoms with van der Waals surface area (Å²) in [5.41, 5.74) is 5.77. The monoisotopic (exact) mass is 186 g/mol. The van der Waals surface area contributed by atoms with Gasteiger partial charge in [0.15, 0.2) is 0 Å². The molecular weight excluding hydrogens is 168 g/mol. The molecule has 2 atom stereocenters. The summed E-state index contributed by atoms with van der Waals surface area (Å²) in [7, 11) is 0. The van der Waals surface area contributed by atoms with Crippen molar-refractivity contribution in [3.8, 4) is 0 Å². The number of hydrogen-bond donors (Lipinski definition) is 3. The van der Waals surface area contributed by atoms with Gasteiger partial charge in [0, 0.05) is 18.5 Å². The molecule has 1 rings (SSSR count). The topological polar surface area (TPSA) is 75.3 Å². The van der Waals surface area contributed by atoms with Crippen molar-refractivity contribution in [1.82, 2.24) is 5.32 Å². The Morgan fingerprint density at radius 1 is 1.69 bits per heavy atom. The van der Waals surface area contributed by atoms with E-state index in [4.69, 9.17) is 10.8 Å². The lowest BCUT2D eigenvalue weighted by Crippen LogP contribution is -2.39. The molecule has 1 amide bonds. The summed E-state index contributed by atoms with van der Waals surface area (Å²) in [6.07, 6.45) is 2.70. The highest BCUT2D eigenvalue weighted by atomic mass is 16.3. The van der Waals surface area contributed by atoms with E-state index in [0.29, 0.717) is 12.3 Å². The van der Waals surface area contributed by atoms with Crippen LogP contribution in [0.1, 0.15) is 26.2 Å². The Bertz CT molecular complexity index is 180. The summed E-state index contributed by atoms with van der Waals surface area (Å²) in [4.78, 5) is 11.3. The van der Waals surface area contributed by atoms with Crippen molar-refractivity contribution in [2.45, 2.75) is 38.3 Å². The summed E-state index contributed by atoms with van der Waals surface area (Å²) in [6.45, 7) is 1.74. The predicted molar refractivity (Wildman–Crippen MR) is 50.0 cm³/mol. The molecule has 1 aliphatic rings. The molecule has 4 nitrogen and oxygen atoms in total. The van der Waals surface area contributed by atoms with Crippen LogP contribution in [0.4, 0.5) is 0 Å². The zero-order valence-electron chi connectivity index (χ0n) is 7.99. The van der Waals surface area contributed by atoms with Gasteiger partial charge in [0.1, 0.15) is 0 Å². The molecule has 1 unspecified atom stereocenters. The van der Waals surface area contributed by atoms with Crippen molar-refractivity contribution in [2.75, 3.05) is 6.61 Å². The number of aliphatic hydroxyl groups is 1. The smallest absolute Gasteiger partial charge is 0.221 e. The lowest BCUT2D eigenvalue weighted by Gasteiger charge is -2.13. The number of nitrogens with one attached hydrogen (secondary N) is 1. The highest BCUT2D eigenvalue weighted by Crippen LogP contribution is 2.32. The second kappa shape index (κ2) is 4.58. The van der Waals surface area contributed by atoms with Gasteiger partial charge in [0.25, 0.3) is 0 Å².